The zero-order valence-electron chi connectivity index (χ0n) is 9.80. The minimum atomic E-state index is -3.65. The van der Waals surface area contributed by atoms with Crippen molar-refractivity contribution in [3.8, 4) is 6.07 Å². The summed E-state index contributed by atoms with van der Waals surface area (Å²) in [5.41, 5.74) is 0. The third kappa shape index (κ3) is 5.38. The number of carbonyl (C=O) groups excluding carboxylic acids is 1. The molecular formula is C11H11BrN2O4S. The molecule has 0 atom stereocenters. The van der Waals surface area contributed by atoms with Gasteiger partial charge in [0.25, 0.3) is 0 Å². The summed E-state index contributed by atoms with van der Waals surface area (Å²) in [6.45, 7) is -0.420. The molecule has 102 valence electrons. The van der Waals surface area contributed by atoms with E-state index in [0.717, 1.165) is 0 Å². The average Bonchev–Trinajstić information content (AvgIpc) is 2.36. The maximum atomic E-state index is 11.8. The van der Waals surface area contributed by atoms with Gasteiger partial charge in [-0.05, 0) is 18.2 Å². The fourth-order valence-corrected chi connectivity index (χ4v) is 2.82. The lowest BCUT2D eigenvalue weighted by Crippen LogP contribution is -2.26. The summed E-state index contributed by atoms with van der Waals surface area (Å²) < 4.78 is 31.1. The smallest absolute Gasteiger partial charge is 0.308 e. The van der Waals surface area contributed by atoms with E-state index in [4.69, 9.17) is 5.26 Å². The minimum absolute atomic E-state index is 0.0842. The molecular weight excluding hydrogens is 336 g/mol. The van der Waals surface area contributed by atoms with Crippen LogP contribution in [-0.2, 0) is 19.6 Å². The lowest BCUT2D eigenvalue weighted by molar-refractivity contribution is -0.142. The Bertz CT molecular complexity index is 595. The molecule has 0 aliphatic carbocycles. The molecule has 0 fully saturated rings. The van der Waals surface area contributed by atoms with Crippen LogP contribution in [0.25, 0.3) is 0 Å². The molecule has 19 heavy (non-hydrogen) atoms. The summed E-state index contributed by atoms with van der Waals surface area (Å²) in [5, 5.41) is 8.20. The predicted molar refractivity (Wildman–Crippen MR) is 70.5 cm³/mol. The van der Waals surface area contributed by atoms with Crippen LogP contribution in [0.4, 0.5) is 0 Å². The van der Waals surface area contributed by atoms with Crippen molar-refractivity contribution in [3.05, 3.63) is 28.7 Å². The number of nitrogens with one attached hydrogen (secondary N) is 1. The van der Waals surface area contributed by atoms with Crippen molar-refractivity contribution in [2.24, 2.45) is 0 Å². The van der Waals surface area contributed by atoms with Crippen molar-refractivity contribution in [1.29, 1.82) is 5.26 Å². The van der Waals surface area contributed by atoms with E-state index in [9.17, 15) is 13.2 Å². The van der Waals surface area contributed by atoms with Crippen LogP contribution in [0.15, 0.2) is 33.6 Å². The van der Waals surface area contributed by atoms with E-state index in [1.807, 2.05) is 0 Å². The van der Waals surface area contributed by atoms with Gasteiger partial charge in [0.1, 0.15) is 6.07 Å². The van der Waals surface area contributed by atoms with Gasteiger partial charge in [-0.25, -0.2) is 13.1 Å². The standard InChI is InChI=1S/C11H11BrN2O4S/c12-9-2-1-3-10(8-9)19(16,17)14-6-4-11(15)18-7-5-13/h1-3,8,14H,4,6-7H2. The second-order valence-corrected chi connectivity index (χ2v) is 6.11. The number of benzene rings is 1. The van der Waals surface area contributed by atoms with Crippen molar-refractivity contribution >= 4 is 31.9 Å². The van der Waals surface area contributed by atoms with Gasteiger partial charge in [-0.1, -0.05) is 22.0 Å². The van der Waals surface area contributed by atoms with Gasteiger partial charge in [0.2, 0.25) is 10.0 Å². The Labute approximate surface area is 119 Å². The number of nitriles is 1. The summed E-state index contributed by atoms with van der Waals surface area (Å²) in [7, 11) is -3.65. The quantitative estimate of drug-likeness (QED) is 0.780. The third-order valence-electron chi connectivity index (χ3n) is 2.03. The molecule has 0 aliphatic heterocycles. The summed E-state index contributed by atoms with van der Waals surface area (Å²) in [5.74, 6) is -0.626. The van der Waals surface area contributed by atoms with Crippen molar-refractivity contribution in [3.63, 3.8) is 0 Å². The van der Waals surface area contributed by atoms with Crippen LogP contribution >= 0.6 is 15.9 Å². The number of ether oxygens (including phenoxy) is 1. The van der Waals surface area contributed by atoms with Crippen LogP contribution in [0, 0.1) is 11.3 Å². The van der Waals surface area contributed by atoms with Crippen LogP contribution in [0.3, 0.4) is 0 Å². The van der Waals surface area contributed by atoms with Crippen molar-refractivity contribution < 1.29 is 17.9 Å². The lowest BCUT2D eigenvalue weighted by Gasteiger charge is -2.06. The van der Waals surface area contributed by atoms with Crippen molar-refractivity contribution in [2.45, 2.75) is 11.3 Å². The van der Waals surface area contributed by atoms with Crippen LogP contribution < -0.4 is 4.72 Å². The SMILES string of the molecule is N#CCOC(=O)CCNS(=O)(=O)c1cccc(Br)c1. The van der Waals surface area contributed by atoms with Gasteiger partial charge >= 0.3 is 5.97 Å². The maximum Gasteiger partial charge on any atom is 0.308 e. The number of carbonyl (C=O) groups is 1. The van der Waals surface area contributed by atoms with E-state index >= 15 is 0 Å². The van der Waals surface area contributed by atoms with Crippen LogP contribution in [0.1, 0.15) is 6.42 Å². The Morgan fingerprint density at radius 1 is 1.47 bits per heavy atom. The molecule has 1 aromatic carbocycles. The number of esters is 1. The molecule has 0 saturated heterocycles. The van der Waals surface area contributed by atoms with Gasteiger partial charge in [0, 0.05) is 11.0 Å². The number of halogens is 1. The highest BCUT2D eigenvalue weighted by atomic mass is 79.9. The normalized spacial score (nSPS) is 10.7. The second kappa shape index (κ2) is 7.23. The summed E-state index contributed by atoms with van der Waals surface area (Å²) in [4.78, 5) is 11.2. The fraction of sp³-hybridized carbons (Fsp3) is 0.273. The highest BCUT2D eigenvalue weighted by molar-refractivity contribution is 9.10. The van der Waals surface area contributed by atoms with Crippen LogP contribution in [0.5, 0.6) is 0 Å². The van der Waals surface area contributed by atoms with E-state index in [2.05, 4.69) is 25.4 Å². The highest BCUT2D eigenvalue weighted by Gasteiger charge is 2.14. The Morgan fingerprint density at radius 2 is 2.21 bits per heavy atom. The Balaban J connectivity index is 2.53. The zero-order valence-corrected chi connectivity index (χ0v) is 12.2. The molecule has 0 unspecified atom stereocenters. The molecule has 0 aromatic heterocycles. The van der Waals surface area contributed by atoms with Crippen LogP contribution in [-0.4, -0.2) is 27.5 Å². The molecule has 0 spiro atoms. The molecule has 0 heterocycles. The largest absolute Gasteiger partial charge is 0.450 e. The van der Waals surface area contributed by atoms with E-state index < -0.39 is 16.0 Å². The van der Waals surface area contributed by atoms with Crippen molar-refractivity contribution in [2.75, 3.05) is 13.2 Å². The third-order valence-corrected chi connectivity index (χ3v) is 3.98. The molecule has 0 aliphatic rings. The molecule has 1 rings (SSSR count). The van der Waals surface area contributed by atoms with Gasteiger partial charge in [-0.2, -0.15) is 5.26 Å². The fourth-order valence-electron chi connectivity index (χ4n) is 1.19. The van der Waals surface area contributed by atoms with E-state index in [-0.39, 0.29) is 24.5 Å². The second-order valence-electron chi connectivity index (χ2n) is 3.42. The zero-order chi connectivity index (χ0) is 14.3. The average molecular weight is 347 g/mol. The molecule has 6 nitrogen and oxygen atoms in total. The Morgan fingerprint density at radius 3 is 2.84 bits per heavy atom. The summed E-state index contributed by atoms with van der Waals surface area (Å²) in [6, 6.07) is 7.85. The molecule has 0 bridgehead atoms. The van der Waals surface area contributed by atoms with Gasteiger partial charge in [0.05, 0.1) is 11.3 Å². The van der Waals surface area contributed by atoms with Gasteiger partial charge in [0.15, 0.2) is 6.61 Å². The number of hydrogen-bond donors (Lipinski definition) is 1. The van der Waals surface area contributed by atoms with Crippen LogP contribution in [0.2, 0.25) is 0 Å². The molecule has 0 radical (unpaired) electrons. The first-order valence-corrected chi connectivity index (χ1v) is 7.51. The van der Waals surface area contributed by atoms with E-state index in [0.29, 0.717) is 4.47 Å². The summed E-state index contributed by atoms with van der Waals surface area (Å²) >= 11 is 3.18. The predicted octanol–water partition coefficient (Wildman–Crippen LogP) is 1.18. The highest BCUT2D eigenvalue weighted by Crippen LogP contribution is 2.15. The van der Waals surface area contributed by atoms with Gasteiger partial charge < -0.3 is 4.74 Å². The topological polar surface area (TPSA) is 96.3 Å². The Kier molecular flexibility index (Phi) is 5.95. The Hall–Kier alpha value is -1.43. The lowest BCUT2D eigenvalue weighted by atomic mass is 10.4. The van der Waals surface area contributed by atoms with Gasteiger partial charge in [-0.3, -0.25) is 4.79 Å². The van der Waals surface area contributed by atoms with Gasteiger partial charge in [-0.15, -0.1) is 0 Å². The molecule has 8 heteroatoms. The number of hydrogen-bond acceptors (Lipinski definition) is 5. The summed E-state index contributed by atoms with van der Waals surface area (Å²) in [6.07, 6.45) is -0.130. The van der Waals surface area contributed by atoms with E-state index in [1.54, 1.807) is 18.2 Å². The molecule has 0 saturated carbocycles. The molecule has 1 aromatic rings. The number of sulfonamides is 1. The number of nitrogens with zero attached hydrogens (tertiary/aromatic N) is 1. The minimum Gasteiger partial charge on any atom is -0.450 e. The molecule has 0 amide bonds. The van der Waals surface area contributed by atoms with Crippen molar-refractivity contribution in [1.82, 2.24) is 4.72 Å². The first-order valence-electron chi connectivity index (χ1n) is 5.23. The molecule has 1 N–H and O–H groups in total. The first kappa shape index (κ1) is 15.6. The maximum absolute atomic E-state index is 11.8. The number of rotatable bonds is 6. The van der Waals surface area contributed by atoms with E-state index in [1.165, 1.54) is 12.1 Å². The monoisotopic (exact) mass is 346 g/mol. The first-order chi connectivity index (χ1) is 8.95.